The van der Waals surface area contributed by atoms with E-state index >= 15 is 0 Å². The predicted molar refractivity (Wildman–Crippen MR) is 109 cm³/mol. The standard InChI is InChI=1S/C21H23BrN4O/c22-19-13-24-26-14-17(12-23-20(19)26)16-4-6-18(7-5-16)27-21(8-9-21)15-25-10-2-1-3-11-25/h4-7,12-14H,1-3,8-11,15H2. The average molecular weight is 427 g/mol. The van der Waals surface area contributed by atoms with Crippen LogP contribution in [-0.2, 0) is 0 Å². The molecule has 5 nitrogen and oxygen atoms in total. The van der Waals surface area contributed by atoms with Gasteiger partial charge in [-0.25, -0.2) is 9.50 Å². The van der Waals surface area contributed by atoms with E-state index in [4.69, 9.17) is 4.74 Å². The van der Waals surface area contributed by atoms with Crippen molar-refractivity contribution in [1.82, 2.24) is 19.5 Å². The average Bonchev–Trinajstić information content (AvgIpc) is 3.35. The summed E-state index contributed by atoms with van der Waals surface area (Å²) in [6, 6.07) is 8.37. The molecule has 0 atom stereocenters. The summed E-state index contributed by atoms with van der Waals surface area (Å²) in [5.74, 6) is 0.962. The van der Waals surface area contributed by atoms with Crippen LogP contribution in [-0.4, -0.2) is 44.7 Å². The van der Waals surface area contributed by atoms with E-state index in [1.54, 1.807) is 10.7 Å². The van der Waals surface area contributed by atoms with Crippen LogP contribution >= 0.6 is 15.9 Å². The highest BCUT2D eigenvalue weighted by molar-refractivity contribution is 9.10. The number of hydrogen-bond donors (Lipinski definition) is 0. The Labute approximate surface area is 167 Å². The van der Waals surface area contributed by atoms with Crippen molar-refractivity contribution in [2.45, 2.75) is 37.7 Å². The molecule has 1 aromatic carbocycles. The minimum Gasteiger partial charge on any atom is -0.486 e. The smallest absolute Gasteiger partial charge is 0.169 e. The first kappa shape index (κ1) is 17.2. The highest BCUT2D eigenvalue weighted by atomic mass is 79.9. The maximum absolute atomic E-state index is 6.40. The van der Waals surface area contributed by atoms with E-state index in [-0.39, 0.29) is 5.60 Å². The van der Waals surface area contributed by atoms with E-state index < -0.39 is 0 Å². The van der Waals surface area contributed by atoms with Crippen molar-refractivity contribution in [1.29, 1.82) is 0 Å². The van der Waals surface area contributed by atoms with Gasteiger partial charge in [-0.05, 0) is 72.4 Å². The molecular weight excluding hydrogens is 404 g/mol. The van der Waals surface area contributed by atoms with Gasteiger partial charge in [-0.1, -0.05) is 18.6 Å². The Morgan fingerprint density at radius 1 is 1.00 bits per heavy atom. The molecule has 1 saturated heterocycles. The fourth-order valence-electron chi connectivity index (χ4n) is 3.92. The summed E-state index contributed by atoms with van der Waals surface area (Å²) in [6.07, 6.45) is 12.0. The van der Waals surface area contributed by atoms with Crippen molar-refractivity contribution < 1.29 is 4.74 Å². The molecule has 0 spiro atoms. The molecular formula is C21H23BrN4O. The molecule has 2 aliphatic rings. The second kappa shape index (κ2) is 6.91. The first-order valence-corrected chi connectivity index (χ1v) is 10.5. The first-order valence-electron chi connectivity index (χ1n) is 9.72. The summed E-state index contributed by atoms with van der Waals surface area (Å²) in [7, 11) is 0. The molecule has 2 aromatic heterocycles. The van der Waals surface area contributed by atoms with Crippen LogP contribution < -0.4 is 4.74 Å². The van der Waals surface area contributed by atoms with Crippen LogP contribution in [0.4, 0.5) is 0 Å². The van der Waals surface area contributed by atoms with Gasteiger partial charge in [0.1, 0.15) is 11.4 Å². The largest absolute Gasteiger partial charge is 0.486 e. The van der Waals surface area contributed by atoms with Crippen LogP contribution in [0.25, 0.3) is 16.8 Å². The Morgan fingerprint density at radius 3 is 2.52 bits per heavy atom. The van der Waals surface area contributed by atoms with Crippen molar-refractivity contribution in [2.24, 2.45) is 0 Å². The lowest BCUT2D eigenvalue weighted by molar-refractivity contribution is 0.101. The van der Waals surface area contributed by atoms with Gasteiger partial charge in [0.25, 0.3) is 0 Å². The Hall–Kier alpha value is -1.92. The van der Waals surface area contributed by atoms with Gasteiger partial charge in [0.05, 0.1) is 10.7 Å². The molecule has 0 N–H and O–H groups in total. The highest BCUT2D eigenvalue weighted by Gasteiger charge is 2.46. The third-order valence-corrected chi connectivity index (χ3v) is 6.16. The van der Waals surface area contributed by atoms with E-state index in [9.17, 15) is 0 Å². The molecule has 140 valence electrons. The van der Waals surface area contributed by atoms with Gasteiger partial charge in [-0.2, -0.15) is 5.10 Å². The quantitative estimate of drug-likeness (QED) is 0.599. The van der Waals surface area contributed by atoms with Gasteiger partial charge >= 0.3 is 0 Å². The fourth-order valence-corrected chi connectivity index (χ4v) is 4.29. The van der Waals surface area contributed by atoms with Crippen molar-refractivity contribution in [3.05, 3.63) is 47.3 Å². The zero-order valence-electron chi connectivity index (χ0n) is 15.3. The lowest BCUT2D eigenvalue weighted by Crippen LogP contribution is -2.40. The first-order chi connectivity index (χ1) is 13.2. The van der Waals surface area contributed by atoms with Crippen LogP contribution in [0.15, 0.2) is 47.3 Å². The molecule has 0 unspecified atom stereocenters. The maximum atomic E-state index is 6.40. The van der Waals surface area contributed by atoms with E-state index in [1.165, 1.54) is 45.2 Å². The normalized spacial score (nSPS) is 19.3. The Morgan fingerprint density at radius 2 is 1.78 bits per heavy atom. The van der Waals surface area contributed by atoms with Crippen LogP contribution in [0.2, 0.25) is 0 Å². The molecule has 6 heteroatoms. The zero-order valence-corrected chi connectivity index (χ0v) is 16.9. The molecule has 3 heterocycles. The SMILES string of the molecule is Brc1cnn2cc(-c3ccc(OC4(CN5CCCCC5)CC4)cc3)cnc12. The Bertz CT molecular complexity index is 942. The van der Waals surface area contributed by atoms with E-state index in [2.05, 4.69) is 55.2 Å². The Kier molecular flexibility index (Phi) is 4.40. The number of nitrogens with zero attached hydrogens (tertiary/aromatic N) is 4. The second-order valence-corrected chi connectivity index (χ2v) is 8.60. The fraction of sp³-hybridized carbons (Fsp3) is 0.429. The van der Waals surface area contributed by atoms with Crippen LogP contribution in [0.5, 0.6) is 5.75 Å². The van der Waals surface area contributed by atoms with Crippen molar-refractivity contribution in [3.63, 3.8) is 0 Å². The van der Waals surface area contributed by atoms with Crippen LogP contribution in [0, 0.1) is 0 Å². The zero-order chi connectivity index (χ0) is 18.3. The molecule has 1 saturated carbocycles. The van der Waals surface area contributed by atoms with E-state index in [0.717, 1.165) is 33.5 Å². The van der Waals surface area contributed by atoms with Gasteiger partial charge in [-0.15, -0.1) is 0 Å². The maximum Gasteiger partial charge on any atom is 0.169 e. The summed E-state index contributed by atoms with van der Waals surface area (Å²) in [6.45, 7) is 3.52. The molecule has 5 rings (SSSR count). The second-order valence-electron chi connectivity index (χ2n) is 7.75. The third-order valence-electron chi connectivity index (χ3n) is 5.60. The van der Waals surface area contributed by atoms with Gasteiger partial charge in [0.2, 0.25) is 0 Å². The summed E-state index contributed by atoms with van der Waals surface area (Å²) in [5.41, 5.74) is 3.02. The number of aromatic nitrogens is 3. The number of benzene rings is 1. The number of likely N-dealkylation sites (tertiary alicyclic amines) is 1. The Balaban J connectivity index is 1.29. The lowest BCUT2D eigenvalue weighted by atomic mass is 10.1. The third kappa shape index (κ3) is 3.60. The number of rotatable bonds is 5. The topological polar surface area (TPSA) is 42.7 Å². The number of fused-ring (bicyclic) bond motifs is 1. The molecule has 1 aliphatic carbocycles. The van der Waals surface area contributed by atoms with Gasteiger partial charge < -0.3 is 4.74 Å². The van der Waals surface area contributed by atoms with Crippen LogP contribution in [0.3, 0.4) is 0 Å². The molecule has 0 radical (unpaired) electrons. The monoisotopic (exact) mass is 426 g/mol. The molecule has 1 aliphatic heterocycles. The molecule has 27 heavy (non-hydrogen) atoms. The van der Waals surface area contributed by atoms with Crippen LogP contribution in [0.1, 0.15) is 32.1 Å². The van der Waals surface area contributed by atoms with Gasteiger partial charge in [0, 0.05) is 24.5 Å². The van der Waals surface area contributed by atoms with E-state index in [0.29, 0.717) is 0 Å². The van der Waals surface area contributed by atoms with Gasteiger partial charge in [-0.3, -0.25) is 4.90 Å². The molecule has 2 fully saturated rings. The van der Waals surface area contributed by atoms with Crippen molar-refractivity contribution in [3.8, 4) is 16.9 Å². The number of piperidine rings is 1. The summed E-state index contributed by atoms with van der Waals surface area (Å²) < 4.78 is 9.10. The predicted octanol–water partition coefficient (Wildman–Crippen LogP) is 4.56. The summed E-state index contributed by atoms with van der Waals surface area (Å²) >= 11 is 3.46. The summed E-state index contributed by atoms with van der Waals surface area (Å²) in [4.78, 5) is 7.07. The summed E-state index contributed by atoms with van der Waals surface area (Å²) in [5, 5.41) is 4.31. The number of hydrogen-bond acceptors (Lipinski definition) is 4. The molecule has 3 aromatic rings. The van der Waals surface area contributed by atoms with Gasteiger partial charge in [0.15, 0.2) is 5.65 Å². The van der Waals surface area contributed by atoms with E-state index in [1.807, 2.05) is 12.4 Å². The number of halogens is 1. The highest BCUT2D eigenvalue weighted by Crippen LogP contribution is 2.41. The minimum absolute atomic E-state index is 0.0423. The van der Waals surface area contributed by atoms with Crippen molar-refractivity contribution in [2.75, 3.05) is 19.6 Å². The molecule has 0 amide bonds. The number of ether oxygens (including phenoxy) is 1. The van der Waals surface area contributed by atoms with Crippen molar-refractivity contribution >= 4 is 21.6 Å². The molecule has 0 bridgehead atoms. The lowest BCUT2D eigenvalue weighted by Gasteiger charge is -2.30. The minimum atomic E-state index is 0.0423.